The smallest absolute Gasteiger partial charge is 0.434 e. The lowest BCUT2D eigenvalue weighted by atomic mass is 10.1. The molecule has 1 rings (SSSR count). The van der Waals surface area contributed by atoms with Crippen molar-refractivity contribution in [2.45, 2.75) is 23.4 Å². The summed E-state index contributed by atoms with van der Waals surface area (Å²) in [6.07, 6.45) is -0.177. The first-order valence-corrected chi connectivity index (χ1v) is 6.47. The highest BCUT2D eigenvalue weighted by Crippen LogP contribution is 2.42. The molecule has 0 N–H and O–H groups in total. The number of halogens is 6. The van der Waals surface area contributed by atoms with Crippen molar-refractivity contribution in [3.63, 3.8) is 0 Å². The average Bonchev–Trinajstić information content (AvgIpc) is 2.30. The van der Waals surface area contributed by atoms with Gasteiger partial charge in [0.1, 0.15) is 5.75 Å². The fourth-order valence-electron chi connectivity index (χ4n) is 1.34. The average molecular weight is 335 g/mol. The lowest BCUT2D eigenvalue weighted by molar-refractivity contribution is -0.116. The van der Waals surface area contributed by atoms with Gasteiger partial charge >= 0.3 is 12.1 Å². The van der Waals surface area contributed by atoms with Crippen LogP contribution < -0.4 is 4.74 Å². The van der Waals surface area contributed by atoms with Crippen LogP contribution in [-0.2, 0) is 11.2 Å². The lowest BCUT2D eigenvalue weighted by Crippen LogP contribution is -2.08. The third-order valence-corrected chi connectivity index (χ3v) is 3.07. The van der Waals surface area contributed by atoms with Gasteiger partial charge in [0.05, 0.1) is 10.8 Å². The number of Topliss-reactive ketones (excluding diaryl/α,β-unsaturated/α-hetero) is 1. The fraction of sp³-hybridized carbons (Fsp3) is 0.364. The number of rotatable bonds is 6. The Bertz CT molecular complexity index is 478. The minimum absolute atomic E-state index is 0.177. The van der Waals surface area contributed by atoms with Gasteiger partial charge in [0.15, 0.2) is 5.78 Å². The maximum absolute atomic E-state index is 12.4. The van der Waals surface area contributed by atoms with Gasteiger partial charge in [-0.25, -0.2) is 0 Å². The number of thioether (sulfide) groups is 1. The van der Waals surface area contributed by atoms with Crippen LogP contribution in [0.15, 0.2) is 23.1 Å². The highest BCUT2D eigenvalue weighted by atomic mass is 35.5. The summed E-state index contributed by atoms with van der Waals surface area (Å²) in [5.74, 6) is -1.27. The first kappa shape index (κ1) is 17.0. The van der Waals surface area contributed by atoms with Crippen molar-refractivity contribution in [1.82, 2.24) is 0 Å². The maximum Gasteiger partial charge on any atom is 0.446 e. The van der Waals surface area contributed by atoms with E-state index in [4.69, 9.17) is 11.6 Å². The Morgan fingerprint density at radius 3 is 2.50 bits per heavy atom. The van der Waals surface area contributed by atoms with Crippen LogP contribution in [0.1, 0.15) is 5.56 Å². The molecule has 0 bridgehead atoms. The Balaban J connectivity index is 3.04. The topological polar surface area (TPSA) is 26.3 Å². The number of benzene rings is 1. The van der Waals surface area contributed by atoms with Crippen LogP contribution in [0.25, 0.3) is 0 Å². The summed E-state index contributed by atoms with van der Waals surface area (Å²) in [7, 11) is 0. The van der Waals surface area contributed by atoms with Crippen molar-refractivity contribution in [2.75, 3.05) is 5.88 Å². The molecule has 1 aromatic rings. The molecular weight excluding hydrogens is 327 g/mol. The van der Waals surface area contributed by atoms with E-state index in [1.165, 1.54) is 6.07 Å². The third kappa shape index (κ3) is 5.96. The van der Waals surface area contributed by atoms with Crippen molar-refractivity contribution in [1.29, 1.82) is 0 Å². The maximum atomic E-state index is 12.4. The van der Waals surface area contributed by atoms with Crippen LogP contribution in [0.4, 0.5) is 22.0 Å². The van der Waals surface area contributed by atoms with E-state index in [0.29, 0.717) is 0 Å². The number of alkyl halides is 6. The first-order chi connectivity index (χ1) is 9.21. The van der Waals surface area contributed by atoms with Crippen LogP contribution >= 0.6 is 23.4 Å². The second-order valence-corrected chi connectivity index (χ2v) is 4.93. The number of ketones is 1. The Morgan fingerprint density at radius 2 is 2.00 bits per heavy atom. The van der Waals surface area contributed by atoms with Crippen LogP contribution in [-0.4, -0.2) is 23.8 Å². The van der Waals surface area contributed by atoms with Crippen LogP contribution in [0.2, 0.25) is 0 Å². The van der Waals surface area contributed by atoms with Gasteiger partial charge in [0.2, 0.25) is 0 Å². The molecule has 112 valence electrons. The summed E-state index contributed by atoms with van der Waals surface area (Å²) in [4.78, 5) is 10.6. The molecule has 0 spiro atoms. The zero-order chi connectivity index (χ0) is 15.3. The van der Waals surface area contributed by atoms with E-state index in [9.17, 15) is 26.7 Å². The van der Waals surface area contributed by atoms with Gasteiger partial charge in [0, 0.05) is 6.42 Å². The third-order valence-electron chi connectivity index (χ3n) is 2.00. The van der Waals surface area contributed by atoms with Gasteiger partial charge in [-0.15, -0.1) is 11.6 Å². The van der Waals surface area contributed by atoms with E-state index in [2.05, 4.69) is 4.74 Å². The highest BCUT2D eigenvalue weighted by molar-refractivity contribution is 8.00. The van der Waals surface area contributed by atoms with Crippen LogP contribution in [0, 0.1) is 0 Å². The number of hydrogen-bond donors (Lipinski definition) is 0. The second kappa shape index (κ2) is 7.12. The van der Waals surface area contributed by atoms with E-state index in [-0.39, 0.29) is 17.9 Å². The summed E-state index contributed by atoms with van der Waals surface area (Å²) < 4.78 is 65.3. The lowest BCUT2D eigenvalue weighted by Gasteiger charge is -2.13. The molecule has 0 aliphatic rings. The number of carbonyl (C=O) groups is 1. The summed E-state index contributed by atoms with van der Waals surface area (Å²) >= 11 is 4.71. The van der Waals surface area contributed by atoms with Crippen molar-refractivity contribution in [3.8, 4) is 5.75 Å². The highest BCUT2D eigenvalue weighted by Gasteiger charge is 2.31. The Morgan fingerprint density at radius 1 is 1.35 bits per heavy atom. The van der Waals surface area contributed by atoms with E-state index in [0.717, 1.165) is 12.1 Å². The molecule has 0 saturated carbocycles. The van der Waals surface area contributed by atoms with Gasteiger partial charge in [-0.05, 0) is 29.5 Å². The largest absolute Gasteiger partial charge is 0.446 e. The molecule has 0 unspecified atom stereocenters. The zero-order valence-corrected chi connectivity index (χ0v) is 11.3. The molecule has 0 aromatic heterocycles. The molecule has 0 saturated heterocycles. The molecule has 9 heteroatoms. The van der Waals surface area contributed by atoms with Gasteiger partial charge < -0.3 is 4.74 Å². The SMILES string of the molecule is O=C(CCl)Cc1ccc(OC(F)F)c(SC(F)(F)F)c1. The normalized spacial score (nSPS) is 11.8. The van der Waals surface area contributed by atoms with E-state index in [1.54, 1.807) is 0 Å². The summed E-state index contributed by atoms with van der Waals surface area (Å²) in [5, 5.41) is 0. The standard InChI is InChI=1S/C11H8ClF5O2S/c12-5-7(18)3-6-1-2-8(19-10(13)14)9(4-6)20-11(15,16)17/h1-2,4,10H,3,5H2. The molecule has 0 heterocycles. The Hall–Kier alpha value is -1.02. The van der Waals surface area contributed by atoms with E-state index < -0.39 is 40.3 Å². The molecule has 0 aliphatic heterocycles. The molecule has 0 atom stereocenters. The van der Waals surface area contributed by atoms with Crippen LogP contribution in [0.3, 0.4) is 0 Å². The monoisotopic (exact) mass is 334 g/mol. The quantitative estimate of drug-likeness (QED) is 0.442. The molecule has 1 aromatic carbocycles. The minimum Gasteiger partial charge on any atom is -0.434 e. The van der Waals surface area contributed by atoms with Crippen molar-refractivity contribution in [2.24, 2.45) is 0 Å². The predicted molar refractivity (Wildman–Crippen MR) is 64.4 cm³/mol. The molecule has 2 nitrogen and oxygen atoms in total. The van der Waals surface area contributed by atoms with Crippen molar-refractivity contribution < 1.29 is 31.5 Å². The Kier molecular flexibility index (Phi) is 6.07. The zero-order valence-electron chi connectivity index (χ0n) is 9.72. The molecular formula is C11H8ClF5O2S. The number of carbonyl (C=O) groups excluding carboxylic acids is 1. The molecule has 0 amide bonds. The minimum atomic E-state index is -4.66. The predicted octanol–water partition coefficient (Wildman–Crippen LogP) is 4.25. The van der Waals surface area contributed by atoms with Gasteiger partial charge in [0.25, 0.3) is 0 Å². The van der Waals surface area contributed by atoms with Crippen molar-refractivity contribution in [3.05, 3.63) is 23.8 Å². The molecule has 0 radical (unpaired) electrons. The fourth-order valence-corrected chi connectivity index (χ4v) is 2.11. The summed E-state index contributed by atoms with van der Waals surface area (Å²) in [6.45, 7) is -3.24. The van der Waals surface area contributed by atoms with E-state index in [1.807, 2.05) is 0 Å². The number of ether oxygens (including phenoxy) is 1. The van der Waals surface area contributed by atoms with E-state index >= 15 is 0 Å². The van der Waals surface area contributed by atoms with Gasteiger partial charge in [-0.1, -0.05) is 6.07 Å². The summed E-state index contributed by atoms with van der Waals surface area (Å²) in [5.41, 5.74) is -4.42. The molecule has 0 fully saturated rings. The van der Waals surface area contributed by atoms with Crippen molar-refractivity contribution >= 4 is 29.1 Å². The second-order valence-electron chi connectivity index (χ2n) is 3.56. The molecule has 20 heavy (non-hydrogen) atoms. The van der Waals surface area contributed by atoms with Crippen LogP contribution in [0.5, 0.6) is 5.75 Å². The first-order valence-electron chi connectivity index (χ1n) is 5.12. The Labute approximate surface area is 120 Å². The summed E-state index contributed by atoms with van der Waals surface area (Å²) in [6, 6.07) is 3.19. The molecule has 0 aliphatic carbocycles. The van der Waals surface area contributed by atoms with Gasteiger partial charge in [-0.2, -0.15) is 22.0 Å². The van der Waals surface area contributed by atoms with Gasteiger partial charge in [-0.3, -0.25) is 4.79 Å². The number of hydrogen-bond acceptors (Lipinski definition) is 3.